The molecule has 7 N–H and O–H groups in total. The number of aromatic nitrogens is 2. The average Bonchev–Trinajstić information content (AvgIpc) is 2.39. The van der Waals surface area contributed by atoms with Gasteiger partial charge >= 0.3 is 5.69 Å². The predicted octanol–water partition coefficient (Wildman–Crippen LogP) is -2.50. The van der Waals surface area contributed by atoms with Crippen molar-refractivity contribution in [1.82, 2.24) is 9.55 Å². The van der Waals surface area contributed by atoms with E-state index in [2.05, 4.69) is 4.98 Å². The van der Waals surface area contributed by atoms with Crippen LogP contribution in [0.3, 0.4) is 0 Å². The van der Waals surface area contributed by atoms with Crippen LogP contribution in [0.2, 0.25) is 0 Å². The van der Waals surface area contributed by atoms with Crippen LogP contribution >= 0.6 is 0 Å². The van der Waals surface area contributed by atoms with Crippen molar-refractivity contribution in [1.29, 1.82) is 0 Å². The lowest BCUT2D eigenvalue weighted by molar-refractivity contribution is -0.0375. The number of rotatable bonds is 6. The molecule has 8 nitrogen and oxygen atoms in total. The summed E-state index contributed by atoms with van der Waals surface area (Å²) in [5, 5.41) is 28.4. The van der Waals surface area contributed by atoms with Crippen LogP contribution in [-0.2, 0) is 6.54 Å². The van der Waals surface area contributed by atoms with E-state index in [-0.39, 0.29) is 12.4 Å². The zero-order valence-corrected chi connectivity index (χ0v) is 10.7. The van der Waals surface area contributed by atoms with Crippen molar-refractivity contribution >= 4 is 5.82 Å². The van der Waals surface area contributed by atoms with Gasteiger partial charge in [0.1, 0.15) is 5.82 Å². The van der Waals surface area contributed by atoms with Crippen molar-refractivity contribution in [3.63, 3.8) is 0 Å². The SMILES string of the molecule is CC(Cn1ccc(N)nc1=O)C(O)C(O)C(N)CO. The first kappa shape index (κ1) is 15.6. The third-order valence-electron chi connectivity index (χ3n) is 2.96. The zero-order valence-electron chi connectivity index (χ0n) is 10.7. The molecule has 4 atom stereocenters. The number of nitrogens with two attached hydrogens (primary N) is 2. The lowest BCUT2D eigenvalue weighted by atomic mass is 9.95. The summed E-state index contributed by atoms with van der Waals surface area (Å²) in [6.45, 7) is 1.37. The fraction of sp³-hybridized carbons (Fsp3) is 0.636. The molecule has 0 spiro atoms. The van der Waals surface area contributed by atoms with Gasteiger partial charge in [-0.2, -0.15) is 4.98 Å². The number of nitrogen functional groups attached to an aromatic ring is 1. The molecule has 1 aromatic heterocycles. The van der Waals surface area contributed by atoms with Gasteiger partial charge in [-0.05, 0) is 6.07 Å². The molecule has 0 aliphatic carbocycles. The van der Waals surface area contributed by atoms with Gasteiger partial charge in [0.05, 0.1) is 24.9 Å². The minimum atomic E-state index is -1.27. The molecule has 1 rings (SSSR count). The molecule has 8 heteroatoms. The first-order valence-corrected chi connectivity index (χ1v) is 5.92. The zero-order chi connectivity index (χ0) is 14.6. The van der Waals surface area contributed by atoms with Gasteiger partial charge in [-0.1, -0.05) is 6.92 Å². The quantitative estimate of drug-likeness (QED) is 0.384. The second kappa shape index (κ2) is 6.62. The normalized spacial score (nSPS) is 17.7. The highest BCUT2D eigenvalue weighted by molar-refractivity contribution is 5.23. The maximum Gasteiger partial charge on any atom is 0.349 e. The van der Waals surface area contributed by atoms with Crippen molar-refractivity contribution in [3.05, 3.63) is 22.7 Å². The van der Waals surface area contributed by atoms with E-state index in [4.69, 9.17) is 16.6 Å². The van der Waals surface area contributed by atoms with Gasteiger partial charge in [0.15, 0.2) is 0 Å². The topological polar surface area (TPSA) is 148 Å². The Kier molecular flexibility index (Phi) is 5.43. The number of anilines is 1. The first-order chi connectivity index (χ1) is 8.86. The van der Waals surface area contributed by atoms with Gasteiger partial charge in [-0.25, -0.2) is 4.79 Å². The fourth-order valence-electron chi connectivity index (χ4n) is 1.70. The maximum atomic E-state index is 11.5. The Hall–Kier alpha value is -1.48. The van der Waals surface area contributed by atoms with Gasteiger partial charge in [-0.3, -0.25) is 4.57 Å². The third-order valence-corrected chi connectivity index (χ3v) is 2.96. The van der Waals surface area contributed by atoms with E-state index in [1.165, 1.54) is 16.8 Å². The van der Waals surface area contributed by atoms with Crippen LogP contribution in [-0.4, -0.2) is 49.7 Å². The summed E-state index contributed by atoms with van der Waals surface area (Å²) in [7, 11) is 0. The largest absolute Gasteiger partial charge is 0.395 e. The predicted molar refractivity (Wildman–Crippen MR) is 69.1 cm³/mol. The maximum absolute atomic E-state index is 11.5. The van der Waals surface area contributed by atoms with E-state index in [1.54, 1.807) is 6.92 Å². The molecule has 0 saturated heterocycles. The smallest absolute Gasteiger partial charge is 0.349 e. The van der Waals surface area contributed by atoms with E-state index < -0.39 is 36.5 Å². The number of hydrogen-bond acceptors (Lipinski definition) is 7. The Balaban J connectivity index is 2.73. The summed E-state index contributed by atoms with van der Waals surface area (Å²) in [6, 6.07) is 0.537. The van der Waals surface area contributed by atoms with Crippen LogP contribution in [0, 0.1) is 5.92 Å². The molecule has 0 radical (unpaired) electrons. The summed E-state index contributed by atoms with van der Waals surface area (Å²) in [4.78, 5) is 15.1. The standard InChI is InChI=1S/C11H20N4O4/c1-6(9(17)10(18)7(12)5-16)4-15-3-2-8(13)14-11(15)19/h2-3,6-7,9-10,16-18H,4-5,12H2,1H3,(H2,13,14,19). The molecule has 0 bridgehead atoms. The van der Waals surface area contributed by atoms with E-state index >= 15 is 0 Å². The second-order valence-electron chi connectivity index (χ2n) is 4.59. The first-order valence-electron chi connectivity index (χ1n) is 5.92. The summed E-state index contributed by atoms with van der Waals surface area (Å²) >= 11 is 0. The van der Waals surface area contributed by atoms with Crippen LogP contribution < -0.4 is 17.2 Å². The Bertz CT molecular complexity index is 464. The lowest BCUT2D eigenvalue weighted by Gasteiger charge is -2.27. The number of aliphatic hydroxyl groups excluding tert-OH is 3. The molecule has 0 fully saturated rings. The molecule has 19 heavy (non-hydrogen) atoms. The van der Waals surface area contributed by atoms with Crippen LogP contribution in [0.1, 0.15) is 6.92 Å². The fourth-order valence-corrected chi connectivity index (χ4v) is 1.70. The van der Waals surface area contributed by atoms with E-state index in [1.807, 2.05) is 0 Å². The van der Waals surface area contributed by atoms with Crippen LogP contribution in [0.5, 0.6) is 0 Å². The van der Waals surface area contributed by atoms with Gasteiger partial charge in [0, 0.05) is 18.7 Å². The molecule has 0 aliphatic rings. The molecule has 0 amide bonds. The van der Waals surface area contributed by atoms with Gasteiger partial charge in [0.25, 0.3) is 0 Å². The Labute approximate surface area is 110 Å². The highest BCUT2D eigenvalue weighted by Gasteiger charge is 2.28. The molecular formula is C11H20N4O4. The van der Waals surface area contributed by atoms with Crippen molar-refractivity contribution in [2.24, 2.45) is 11.7 Å². The molecule has 0 saturated carbocycles. The average molecular weight is 272 g/mol. The van der Waals surface area contributed by atoms with E-state index in [0.29, 0.717) is 0 Å². The highest BCUT2D eigenvalue weighted by atomic mass is 16.3. The Morgan fingerprint density at radius 1 is 1.42 bits per heavy atom. The summed E-state index contributed by atoms with van der Waals surface area (Å²) in [5.74, 6) is -0.326. The second-order valence-corrected chi connectivity index (χ2v) is 4.59. The molecule has 108 valence electrons. The number of aliphatic hydroxyl groups is 3. The van der Waals surface area contributed by atoms with E-state index in [0.717, 1.165) is 0 Å². The molecule has 1 heterocycles. The molecule has 1 aromatic rings. The molecule has 0 aromatic carbocycles. The Morgan fingerprint density at radius 3 is 2.58 bits per heavy atom. The number of hydrogen-bond donors (Lipinski definition) is 5. The summed E-state index contributed by atoms with van der Waals surface area (Å²) in [5.41, 5.74) is 10.3. The van der Waals surface area contributed by atoms with Crippen molar-refractivity contribution in [3.8, 4) is 0 Å². The Morgan fingerprint density at radius 2 is 2.05 bits per heavy atom. The lowest BCUT2D eigenvalue weighted by Crippen LogP contribution is -2.48. The van der Waals surface area contributed by atoms with Gasteiger partial charge < -0.3 is 26.8 Å². The summed E-state index contributed by atoms with van der Waals surface area (Å²) in [6.07, 6.45) is -0.962. The molecule has 4 unspecified atom stereocenters. The van der Waals surface area contributed by atoms with Crippen molar-refractivity contribution in [2.75, 3.05) is 12.3 Å². The van der Waals surface area contributed by atoms with Crippen LogP contribution in [0.4, 0.5) is 5.82 Å². The van der Waals surface area contributed by atoms with Crippen molar-refractivity contribution < 1.29 is 15.3 Å². The molecular weight excluding hydrogens is 252 g/mol. The van der Waals surface area contributed by atoms with Gasteiger partial charge in [-0.15, -0.1) is 0 Å². The minimum absolute atomic E-state index is 0.122. The molecule has 0 aliphatic heterocycles. The number of nitrogens with zero attached hydrogens (tertiary/aromatic N) is 2. The summed E-state index contributed by atoms with van der Waals surface area (Å²) < 4.78 is 1.28. The minimum Gasteiger partial charge on any atom is -0.395 e. The highest BCUT2D eigenvalue weighted by Crippen LogP contribution is 2.11. The van der Waals surface area contributed by atoms with E-state index in [9.17, 15) is 15.0 Å². The van der Waals surface area contributed by atoms with Crippen LogP contribution in [0.15, 0.2) is 17.1 Å². The monoisotopic (exact) mass is 272 g/mol. The van der Waals surface area contributed by atoms with Crippen molar-refractivity contribution in [2.45, 2.75) is 31.7 Å². The third kappa shape index (κ3) is 4.00. The van der Waals surface area contributed by atoms with Crippen LogP contribution in [0.25, 0.3) is 0 Å². The van der Waals surface area contributed by atoms with Gasteiger partial charge in [0.2, 0.25) is 0 Å².